The van der Waals surface area contributed by atoms with E-state index >= 15 is 0 Å². The number of hydrogen-bond donors (Lipinski definition) is 0. The highest BCUT2D eigenvalue weighted by molar-refractivity contribution is 6.16. The summed E-state index contributed by atoms with van der Waals surface area (Å²) in [5.41, 5.74) is 11.1. The Hall–Kier alpha value is -7.57. The topological polar surface area (TPSA) is 60.0 Å². The molecule has 0 radical (unpaired) electrons. The van der Waals surface area contributed by atoms with Crippen molar-refractivity contribution < 1.29 is 4.42 Å². The van der Waals surface area contributed by atoms with E-state index in [2.05, 4.69) is 132 Å². The smallest absolute Gasteiger partial charge is 0.164 e. The molecule has 1 aliphatic heterocycles. The van der Waals surface area contributed by atoms with Crippen molar-refractivity contribution in [1.29, 1.82) is 0 Å². The average Bonchev–Trinajstić information content (AvgIpc) is 3.91. The normalized spacial score (nSPS) is 17.1. The Morgan fingerprint density at radius 3 is 1.97 bits per heavy atom. The highest BCUT2D eigenvalue weighted by Crippen LogP contribution is 2.55. The zero-order valence-corrected chi connectivity index (χ0v) is 31.6. The van der Waals surface area contributed by atoms with Gasteiger partial charge in [0.2, 0.25) is 0 Å². The van der Waals surface area contributed by atoms with E-state index in [0.29, 0.717) is 17.5 Å². The van der Waals surface area contributed by atoms with Crippen LogP contribution in [0.1, 0.15) is 18.4 Å². The molecule has 58 heavy (non-hydrogen) atoms. The van der Waals surface area contributed by atoms with Crippen LogP contribution in [-0.4, -0.2) is 25.1 Å². The van der Waals surface area contributed by atoms with E-state index in [4.69, 9.17) is 19.4 Å². The van der Waals surface area contributed by atoms with Crippen LogP contribution >= 0.6 is 0 Å². The van der Waals surface area contributed by atoms with Crippen molar-refractivity contribution >= 4 is 55.1 Å². The molecule has 0 saturated carbocycles. The summed E-state index contributed by atoms with van der Waals surface area (Å²) in [5, 5.41) is 4.37. The molecule has 0 spiro atoms. The molecule has 7 aromatic carbocycles. The maximum Gasteiger partial charge on any atom is 0.164 e. The Kier molecular flexibility index (Phi) is 7.02. The molecule has 2 aliphatic rings. The van der Waals surface area contributed by atoms with Gasteiger partial charge in [0, 0.05) is 55.5 Å². The van der Waals surface area contributed by atoms with Gasteiger partial charge in [0.25, 0.3) is 0 Å². The van der Waals surface area contributed by atoms with Crippen LogP contribution in [0, 0.1) is 0 Å². The minimum absolute atomic E-state index is 0.176. The minimum atomic E-state index is -0.247. The summed E-state index contributed by atoms with van der Waals surface area (Å²) in [6, 6.07) is 57.2. The molecule has 3 aromatic heterocycles. The second kappa shape index (κ2) is 12.5. The number of furan rings is 1. The molecule has 2 unspecified atom stereocenters. The van der Waals surface area contributed by atoms with Crippen LogP contribution in [0.5, 0.6) is 0 Å². The SMILES string of the molecule is CC12C=CC=CC1c1cc3c(cc1N2c1ccccc1)c1ccccc1n3-c1cccc2c1oc1cccc(-c3nc(-c4ccccc4)nc(-c4ccccc4)n3)c12. The van der Waals surface area contributed by atoms with Crippen molar-refractivity contribution in [3.8, 4) is 39.9 Å². The third kappa shape index (κ3) is 4.75. The van der Waals surface area contributed by atoms with Gasteiger partial charge in [-0.2, -0.15) is 0 Å². The van der Waals surface area contributed by atoms with Gasteiger partial charge >= 0.3 is 0 Å². The van der Waals surface area contributed by atoms with Crippen molar-refractivity contribution in [2.45, 2.75) is 18.4 Å². The van der Waals surface area contributed by atoms with Gasteiger partial charge < -0.3 is 13.9 Å². The van der Waals surface area contributed by atoms with Gasteiger partial charge in [-0.1, -0.05) is 146 Å². The molecule has 6 heteroatoms. The largest absolute Gasteiger partial charge is 0.454 e. The van der Waals surface area contributed by atoms with E-state index in [1.807, 2.05) is 72.8 Å². The van der Waals surface area contributed by atoms with Gasteiger partial charge in [0.15, 0.2) is 23.1 Å². The molecule has 0 amide bonds. The lowest BCUT2D eigenvalue weighted by atomic mass is 9.80. The van der Waals surface area contributed by atoms with E-state index in [-0.39, 0.29) is 11.5 Å². The zero-order valence-electron chi connectivity index (χ0n) is 31.6. The lowest BCUT2D eigenvalue weighted by molar-refractivity contribution is 0.542. The Morgan fingerprint density at radius 1 is 0.552 bits per heavy atom. The fourth-order valence-electron chi connectivity index (χ4n) is 9.46. The number of rotatable bonds is 5. The first-order valence-corrected chi connectivity index (χ1v) is 19.7. The van der Waals surface area contributed by atoms with Crippen LogP contribution in [0.3, 0.4) is 0 Å². The van der Waals surface area contributed by atoms with Crippen molar-refractivity contribution in [1.82, 2.24) is 19.5 Å². The standard InChI is InChI=1S/C52H35N5O/c1-52-30-14-13-26-41(52)40-32-44-39(31-45(40)57(52)35-21-9-4-10-22-35)36-23-11-12-27-42(36)56(44)43-28-15-24-37-47-38(25-16-29-46(47)58-48(37)43)51-54-49(33-17-5-2-6-18-33)53-50(55-51)34-19-7-3-8-20-34/h2-32,41H,1H3. The summed E-state index contributed by atoms with van der Waals surface area (Å²) in [6.07, 6.45) is 9.09. The summed E-state index contributed by atoms with van der Waals surface area (Å²) >= 11 is 0. The minimum Gasteiger partial charge on any atom is -0.454 e. The second-order valence-electron chi connectivity index (χ2n) is 15.4. The first-order chi connectivity index (χ1) is 28.6. The zero-order chi connectivity index (χ0) is 38.4. The number of benzene rings is 7. The van der Waals surface area contributed by atoms with Crippen molar-refractivity contribution in [3.63, 3.8) is 0 Å². The summed E-state index contributed by atoms with van der Waals surface area (Å²) < 4.78 is 9.34. The van der Waals surface area contributed by atoms with E-state index in [0.717, 1.165) is 55.3 Å². The van der Waals surface area contributed by atoms with E-state index in [1.165, 1.54) is 27.7 Å². The van der Waals surface area contributed by atoms with E-state index < -0.39 is 0 Å². The van der Waals surface area contributed by atoms with Gasteiger partial charge in [-0.3, -0.25) is 0 Å². The molecule has 0 N–H and O–H groups in total. The molecule has 10 aromatic rings. The molecule has 274 valence electrons. The Morgan fingerprint density at radius 2 is 1.21 bits per heavy atom. The van der Waals surface area contributed by atoms with Gasteiger partial charge in [0.05, 0.1) is 22.3 Å². The van der Waals surface area contributed by atoms with Gasteiger partial charge in [-0.05, 0) is 55.0 Å². The fraction of sp³-hybridized carbons (Fsp3) is 0.0577. The van der Waals surface area contributed by atoms with Crippen LogP contribution in [0.25, 0.3) is 83.6 Å². The van der Waals surface area contributed by atoms with Gasteiger partial charge in [-0.25, -0.2) is 15.0 Å². The third-order valence-corrected chi connectivity index (χ3v) is 12.1. The summed E-state index contributed by atoms with van der Waals surface area (Å²) in [7, 11) is 0. The number of para-hydroxylation sites is 3. The maximum absolute atomic E-state index is 6.95. The highest BCUT2D eigenvalue weighted by Gasteiger charge is 2.47. The quantitative estimate of drug-likeness (QED) is 0.176. The van der Waals surface area contributed by atoms with Crippen molar-refractivity contribution in [3.05, 3.63) is 194 Å². The number of anilines is 2. The Labute approximate surface area is 334 Å². The molecule has 1 aliphatic carbocycles. The summed E-state index contributed by atoms with van der Waals surface area (Å²) in [5.74, 6) is 2.02. The number of aromatic nitrogens is 4. The third-order valence-electron chi connectivity index (χ3n) is 12.1. The Bertz CT molecular complexity index is 3250. The molecule has 0 bridgehead atoms. The van der Waals surface area contributed by atoms with Crippen LogP contribution in [0.15, 0.2) is 193 Å². The lowest BCUT2D eigenvalue weighted by Crippen LogP contribution is -2.41. The summed E-state index contributed by atoms with van der Waals surface area (Å²) in [4.78, 5) is 17.7. The maximum atomic E-state index is 6.95. The van der Waals surface area contributed by atoms with Crippen LogP contribution in [0.2, 0.25) is 0 Å². The van der Waals surface area contributed by atoms with E-state index in [9.17, 15) is 0 Å². The molecular weight excluding hydrogens is 711 g/mol. The number of hydrogen-bond acceptors (Lipinski definition) is 5. The predicted molar refractivity (Wildman–Crippen MR) is 236 cm³/mol. The molecule has 4 heterocycles. The first-order valence-electron chi connectivity index (χ1n) is 19.7. The number of nitrogens with zero attached hydrogens (tertiary/aromatic N) is 5. The molecule has 12 rings (SSSR count). The molecule has 0 saturated heterocycles. The fourth-order valence-corrected chi connectivity index (χ4v) is 9.46. The van der Waals surface area contributed by atoms with Crippen LogP contribution in [-0.2, 0) is 0 Å². The lowest BCUT2D eigenvalue weighted by Gasteiger charge is -2.39. The summed E-state index contributed by atoms with van der Waals surface area (Å²) in [6.45, 7) is 2.35. The van der Waals surface area contributed by atoms with Crippen LogP contribution in [0.4, 0.5) is 11.4 Å². The first kappa shape index (κ1) is 32.7. The molecular formula is C52H35N5O. The molecule has 6 nitrogen and oxygen atoms in total. The predicted octanol–water partition coefficient (Wildman–Crippen LogP) is 13.0. The number of allylic oxidation sites excluding steroid dienone is 2. The average molecular weight is 746 g/mol. The molecule has 2 atom stereocenters. The van der Waals surface area contributed by atoms with Gasteiger partial charge in [-0.15, -0.1) is 0 Å². The van der Waals surface area contributed by atoms with E-state index in [1.54, 1.807) is 0 Å². The Balaban J connectivity index is 1.10. The van der Waals surface area contributed by atoms with Crippen LogP contribution < -0.4 is 4.90 Å². The highest BCUT2D eigenvalue weighted by atomic mass is 16.3. The van der Waals surface area contributed by atoms with Gasteiger partial charge in [0.1, 0.15) is 5.58 Å². The monoisotopic (exact) mass is 745 g/mol. The van der Waals surface area contributed by atoms with Crippen molar-refractivity contribution in [2.24, 2.45) is 0 Å². The second-order valence-corrected chi connectivity index (χ2v) is 15.4. The molecule has 0 fully saturated rings. The van der Waals surface area contributed by atoms with Crippen molar-refractivity contribution in [2.75, 3.05) is 4.90 Å². The number of fused-ring (bicyclic) bond motifs is 9.